The zero-order chi connectivity index (χ0) is 13.9. The van der Waals surface area contributed by atoms with Crippen LogP contribution in [0, 0.1) is 0 Å². The van der Waals surface area contributed by atoms with Gasteiger partial charge in [0, 0.05) is 19.1 Å². The molecular weight excluding hydrogens is 242 g/mol. The van der Waals surface area contributed by atoms with Gasteiger partial charge in [0.1, 0.15) is 5.54 Å². The number of esters is 1. The lowest BCUT2D eigenvalue weighted by molar-refractivity contribution is -0.146. The van der Waals surface area contributed by atoms with Crippen molar-refractivity contribution in [3.63, 3.8) is 0 Å². The third kappa shape index (κ3) is 3.68. The van der Waals surface area contributed by atoms with Gasteiger partial charge in [-0.3, -0.25) is 9.69 Å². The minimum absolute atomic E-state index is 0.315. The summed E-state index contributed by atoms with van der Waals surface area (Å²) in [5.41, 5.74) is 5.16. The second kappa shape index (κ2) is 6.20. The minimum atomic E-state index is -0.865. The number of nitrogens with zero attached hydrogens (tertiary/aromatic N) is 2. The van der Waals surface area contributed by atoms with Gasteiger partial charge in [0.25, 0.3) is 0 Å². The molecule has 5 nitrogen and oxygen atoms in total. The third-order valence-electron chi connectivity index (χ3n) is 4.49. The van der Waals surface area contributed by atoms with E-state index in [1.54, 1.807) is 6.92 Å². The molecule has 2 rings (SSSR count). The molecule has 0 saturated carbocycles. The maximum atomic E-state index is 11.6. The molecule has 0 aliphatic carbocycles. The van der Waals surface area contributed by atoms with Crippen molar-refractivity contribution in [3.05, 3.63) is 0 Å². The normalized spacial score (nSPS) is 28.5. The summed E-state index contributed by atoms with van der Waals surface area (Å²) in [5, 5.41) is 0. The van der Waals surface area contributed by atoms with Crippen LogP contribution in [0.25, 0.3) is 0 Å². The van der Waals surface area contributed by atoms with Crippen LogP contribution in [-0.2, 0) is 9.53 Å². The molecule has 2 N–H and O–H groups in total. The molecule has 2 fully saturated rings. The Labute approximate surface area is 116 Å². The van der Waals surface area contributed by atoms with Crippen LogP contribution in [0.15, 0.2) is 0 Å². The van der Waals surface area contributed by atoms with Gasteiger partial charge in [0.2, 0.25) is 0 Å². The molecule has 0 radical (unpaired) electrons. The second-order valence-corrected chi connectivity index (χ2v) is 6.15. The van der Waals surface area contributed by atoms with Gasteiger partial charge < -0.3 is 15.4 Å². The highest BCUT2D eigenvalue weighted by Gasteiger charge is 2.32. The fourth-order valence-electron chi connectivity index (χ4n) is 3.21. The van der Waals surface area contributed by atoms with Gasteiger partial charge in [0.05, 0.1) is 7.11 Å². The van der Waals surface area contributed by atoms with E-state index in [1.807, 2.05) is 0 Å². The van der Waals surface area contributed by atoms with E-state index < -0.39 is 5.54 Å². The molecule has 2 heterocycles. The molecule has 2 aliphatic heterocycles. The lowest BCUT2D eigenvalue weighted by Crippen LogP contribution is -2.48. The van der Waals surface area contributed by atoms with E-state index in [0.717, 1.165) is 19.6 Å². The molecule has 0 aromatic rings. The Morgan fingerprint density at radius 2 is 2.11 bits per heavy atom. The van der Waals surface area contributed by atoms with Crippen LogP contribution in [0.5, 0.6) is 0 Å². The van der Waals surface area contributed by atoms with Crippen molar-refractivity contribution >= 4 is 5.97 Å². The Morgan fingerprint density at radius 3 is 2.84 bits per heavy atom. The minimum Gasteiger partial charge on any atom is -0.468 e. The van der Waals surface area contributed by atoms with Crippen molar-refractivity contribution < 1.29 is 9.53 Å². The summed E-state index contributed by atoms with van der Waals surface area (Å²) < 4.78 is 4.76. The molecule has 5 heteroatoms. The first-order valence-electron chi connectivity index (χ1n) is 7.36. The highest BCUT2D eigenvalue weighted by atomic mass is 16.5. The number of hydrogen-bond acceptors (Lipinski definition) is 5. The molecule has 2 atom stereocenters. The summed E-state index contributed by atoms with van der Waals surface area (Å²) in [6.45, 7) is 7.36. The van der Waals surface area contributed by atoms with Crippen molar-refractivity contribution in [2.24, 2.45) is 5.73 Å². The van der Waals surface area contributed by atoms with Gasteiger partial charge in [-0.2, -0.15) is 0 Å². The van der Waals surface area contributed by atoms with Crippen LogP contribution in [0.3, 0.4) is 0 Å². The number of methoxy groups -OCH3 is 1. The molecule has 2 saturated heterocycles. The molecule has 0 amide bonds. The summed E-state index contributed by atoms with van der Waals surface area (Å²) >= 11 is 0. The molecule has 0 spiro atoms. The lowest BCUT2D eigenvalue weighted by atomic mass is 9.99. The number of hydrogen-bond donors (Lipinski definition) is 1. The van der Waals surface area contributed by atoms with Gasteiger partial charge in [-0.15, -0.1) is 0 Å². The zero-order valence-corrected chi connectivity index (χ0v) is 12.2. The first-order chi connectivity index (χ1) is 9.03. The van der Waals surface area contributed by atoms with Crippen LogP contribution < -0.4 is 5.73 Å². The van der Waals surface area contributed by atoms with Crippen molar-refractivity contribution in [3.8, 4) is 0 Å². The van der Waals surface area contributed by atoms with E-state index in [0.29, 0.717) is 12.5 Å². The molecule has 0 aromatic carbocycles. The average molecular weight is 269 g/mol. The topological polar surface area (TPSA) is 58.8 Å². The van der Waals surface area contributed by atoms with Gasteiger partial charge in [-0.1, -0.05) is 0 Å². The Balaban J connectivity index is 1.83. The fraction of sp³-hybridized carbons (Fsp3) is 0.929. The summed E-state index contributed by atoms with van der Waals surface area (Å²) in [7, 11) is 1.40. The van der Waals surface area contributed by atoms with E-state index in [4.69, 9.17) is 10.5 Å². The van der Waals surface area contributed by atoms with E-state index in [1.165, 1.54) is 39.5 Å². The number of carbonyl (C=O) groups is 1. The standard InChI is InChI=1S/C14H27N3O2/c1-14(15,13(18)19-2)6-10-16-7-4-9-17-8-3-5-12(17)11-16/h12H,3-11,15H2,1-2H3. The summed E-state index contributed by atoms with van der Waals surface area (Å²) in [4.78, 5) is 16.7. The highest BCUT2D eigenvalue weighted by molar-refractivity contribution is 5.79. The number of nitrogens with two attached hydrogens (primary N) is 1. The predicted octanol–water partition coefficient (Wildman–Crippen LogP) is 0.437. The van der Waals surface area contributed by atoms with Gasteiger partial charge in [-0.05, 0) is 52.2 Å². The molecule has 0 aromatic heterocycles. The van der Waals surface area contributed by atoms with Crippen LogP contribution in [-0.4, -0.2) is 67.2 Å². The molecule has 110 valence electrons. The molecule has 2 aliphatic rings. The zero-order valence-electron chi connectivity index (χ0n) is 12.2. The number of ether oxygens (including phenoxy) is 1. The average Bonchev–Trinajstić information content (AvgIpc) is 2.73. The van der Waals surface area contributed by atoms with Crippen LogP contribution in [0.2, 0.25) is 0 Å². The highest BCUT2D eigenvalue weighted by Crippen LogP contribution is 2.22. The summed E-state index contributed by atoms with van der Waals surface area (Å²) in [6, 6.07) is 0.713. The summed E-state index contributed by atoms with van der Waals surface area (Å²) in [6.07, 6.45) is 4.52. The number of fused-ring (bicyclic) bond motifs is 1. The SMILES string of the molecule is COC(=O)C(C)(N)CCN1CCCN2CCCC2C1. The van der Waals surface area contributed by atoms with Crippen molar-refractivity contribution in [2.45, 2.75) is 44.2 Å². The van der Waals surface area contributed by atoms with E-state index >= 15 is 0 Å². The molecule has 0 bridgehead atoms. The van der Waals surface area contributed by atoms with Crippen molar-refractivity contribution in [1.82, 2.24) is 9.80 Å². The molecule has 19 heavy (non-hydrogen) atoms. The number of rotatable bonds is 4. The predicted molar refractivity (Wildman–Crippen MR) is 74.9 cm³/mol. The van der Waals surface area contributed by atoms with E-state index in [-0.39, 0.29) is 5.97 Å². The Morgan fingerprint density at radius 1 is 1.37 bits per heavy atom. The molecular formula is C14H27N3O2. The Bertz CT molecular complexity index is 320. The van der Waals surface area contributed by atoms with Gasteiger partial charge in [0.15, 0.2) is 0 Å². The smallest absolute Gasteiger partial charge is 0.325 e. The van der Waals surface area contributed by atoms with Gasteiger partial charge in [-0.25, -0.2) is 0 Å². The van der Waals surface area contributed by atoms with E-state index in [9.17, 15) is 4.79 Å². The number of carbonyl (C=O) groups excluding carboxylic acids is 1. The second-order valence-electron chi connectivity index (χ2n) is 6.15. The largest absolute Gasteiger partial charge is 0.468 e. The fourth-order valence-corrected chi connectivity index (χ4v) is 3.21. The van der Waals surface area contributed by atoms with Crippen LogP contribution in [0.4, 0.5) is 0 Å². The maximum Gasteiger partial charge on any atom is 0.325 e. The quantitative estimate of drug-likeness (QED) is 0.750. The Hall–Kier alpha value is -0.650. The Kier molecular flexibility index (Phi) is 4.81. The summed E-state index contributed by atoms with van der Waals surface area (Å²) in [5.74, 6) is -0.315. The van der Waals surface area contributed by atoms with Crippen LogP contribution in [0.1, 0.15) is 32.6 Å². The lowest BCUT2D eigenvalue weighted by Gasteiger charge is -2.28. The first-order valence-corrected chi connectivity index (χ1v) is 7.36. The van der Waals surface area contributed by atoms with E-state index in [2.05, 4.69) is 9.80 Å². The molecule has 2 unspecified atom stereocenters. The third-order valence-corrected chi connectivity index (χ3v) is 4.49. The van der Waals surface area contributed by atoms with Crippen LogP contribution >= 0.6 is 0 Å². The van der Waals surface area contributed by atoms with Gasteiger partial charge >= 0.3 is 5.97 Å². The monoisotopic (exact) mass is 269 g/mol. The van der Waals surface area contributed by atoms with Crippen molar-refractivity contribution in [2.75, 3.05) is 39.8 Å². The van der Waals surface area contributed by atoms with Crippen molar-refractivity contribution in [1.29, 1.82) is 0 Å². The first kappa shape index (κ1) is 14.8. The maximum absolute atomic E-state index is 11.6.